The summed E-state index contributed by atoms with van der Waals surface area (Å²) < 4.78 is 8.71. The maximum Gasteiger partial charge on any atom is 0.262 e. The van der Waals surface area contributed by atoms with Gasteiger partial charge in [0, 0.05) is 37.3 Å². The molecule has 0 atom stereocenters. The predicted octanol–water partition coefficient (Wildman–Crippen LogP) is 2.83. The highest BCUT2D eigenvalue weighted by Crippen LogP contribution is 2.47. The lowest BCUT2D eigenvalue weighted by atomic mass is 9.90. The average molecular weight is 526 g/mol. The van der Waals surface area contributed by atoms with Crippen LogP contribution in [0.2, 0.25) is 5.15 Å². The molecule has 37 heavy (non-hydrogen) atoms. The second-order valence-electron chi connectivity index (χ2n) is 10.9. The molecule has 3 fully saturated rings. The first-order chi connectivity index (χ1) is 17.8. The first kappa shape index (κ1) is 24.5. The fraction of sp³-hybridized carbons (Fsp3) is 0.519. The van der Waals surface area contributed by atoms with Crippen molar-refractivity contribution in [1.29, 1.82) is 0 Å². The summed E-state index contributed by atoms with van der Waals surface area (Å²) in [5.74, 6) is 0.184. The number of halogens is 1. The summed E-state index contributed by atoms with van der Waals surface area (Å²) in [7, 11) is 0. The lowest BCUT2D eigenvalue weighted by molar-refractivity contribution is -0.141. The monoisotopic (exact) mass is 525 g/mol. The number of aliphatic hydroxyl groups is 1. The van der Waals surface area contributed by atoms with Gasteiger partial charge in [-0.1, -0.05) is 24.6 Å². The molecule has 6 rings (SSSR count). The van der Waals surface area contributed by atoms with Gasteiger partial charge in [-0.15, -0.1) is 0 Å². The van der Waals surface area contributed by atoms with E-state index in [1.54, 1.807) is 10.6 Å². The summed E-state index contributed by atoms with van der Waals surface area (Å²) in [6.07, 6.45) is 4.22. The third kappa shape index (κ3) is 4.53. The summed E-state index contributed by atoms with van der Waals surface area (Å²) in [5, 5.41) is 12.1. The number of morpholine rings is 1. The molecule has 0 radical (unpaired) electrons. The Hall–Kier alpha value is -2.88. The number of hydrogen-bond donors (Lipinski definition) is 1. The third-order valence-electron chi connectivity index (χ3n) is 8.17. The van der Waals surface area contributed by atoms with Crippen LogP contribution in [-0.2, 0) is 16.1 Å². The van der Waals surface area contributed by atoms with Gasteiger partial charge in [0.05, 0.1) is 36.4 Å². The average Bonchev–Trinajstić information content (AvgIpc) is 3.57. The van der Waals surface area contributed by atoms with Crippen molar-refractivity contribution in [3.05, 3.63) is 52.2 Å². The number of likely N-dealkylation sites (tertiary alicyclic amines) is 1. The van der Waals surface area contributed by atoms with E-state index in [9.17, 15) is 14.7 Å². The van der Waals surface area contributed by atoms with Crippen LogP contribution >= 0.6 is 11.6 Å². The number of amides is 1. The largest absolute Gasteiger partial charge is 0.388 e. The summed E-state index contributed by atoms with van der Waals surface area (Å²) in [6, 6.07) is 9.66. The number of aromatic nitrogens is 3. The summed E-state index contributed by atoms with van der Waals surface area (Å²) >= 11 is 6.63. The van der Waals surface area contributed by atoms with Crippen molar-refractivity contribution < 1.29 is 14.6 Å². The van der Waals surface area contributed by atoms with E-state index in [1.807, 2.05) is 30.0 Å². The Morgan fingerprint density at radius 2 is 1.78 bits per heavy atom. The lowest BCUT2D eigenvalue weighted by Crippen LogP contribution is -2.51. The van der Waals surface area contributed by atoms with Crippen LogP contribution in [0, 0.1) is 5.41 Å². The molecular weight excluding hydrogens is 494 g/mol. The maximum atomic E-state index is 13.4. The second-order valence-corrected chi connectivity index (χ2v) is 11.3. The van der Waals surface area contributed by atoms with E-state index in [4.69, 9.17) is 16.3 Å². The molecule has 2 saturated heterocycles. The molecule has 3 aromatic rings. The number of carbonyl (C=O) groups excluding carboxylic acids is 1. The molecule has 0 spiro atoms. The zero-order valence-corrected chi connectivity index (χ0v) is 21.8. The molecule has 0 bridgehead atoms. The topological polar surface area (TPSA) is 92.8 Å². The number of hydrogen-bond acceptors (Lipinski definition) is 6. The molecular formula is C27H32ClN5O4. The Balaban J connectivity index is 1.24. The molecule has 196 valence electrons. The van der Waals surface area contributed by atoms with Gasteiger partial charge in [0.1, 0.15) is 11.5 Å². The van der Waals surface area contributed by atoms with Gasteiger partial charge in [0.2, 0.25) is 5.91 Å². The van der Waals surface area contributed by atoms with Gasteiger partial charge in [-0.2, -0.15) is 0 Å². The lowest BCUT2D eigenvalue weighted by Gasteiger charge is -2.39. The smallest absolute Gasteiger partial charge is 0.262 e. The molecule has 9 nitrogen and oxygen atoms in total. The van der Waals surface area contributed by atoms with Gasteiger partial charge in [0.15, 0.2) is 5.65 Å². The highest BCUT2D eigenvalue weighted by Gasteiger charge is 2.48. The van der Waals surface area contributed by atoms with E-state index in [-0.39, 0.29) is 23.4 Å². The van der Waals surface area contributed by atoms with Crippen molar-refractivity contribution >= 4 is 34.2 Å². The van der Waals surface area contributed by atoms with E-state index in [1.165, 1.54) is 10.9 Å². The van der Waals surface area contributed by atoms with Gasteiger partial charge >= 0.3 is 0 Å². The molecule has 2 aliphatic heterocycles. The SMILES string of the molecule is CC1(C(=O)N2CCC(O)(Cn3cnc4c(cc(Cl)n4-c4cccc(N5CCOCC5)c4)c3=O)CC2)CC1. The fourth-order valence-electron chi connectivity index (χ4n) is 5.48. The number of anilines is 1. The van der Waals surface area contributed by atoms with Crippen LogP contribution in [0.15, 0.2) is 41.5 Å². The molecule has 1 aromatic carbocycles. The minimum Gasteiger partial charge on any atom is -0.388 e. The van der Waals surface area contributed by atoms with Crippen molar-refractivity contribution in [1.82, 2.24) is 19.0 Å². The summed E-state index contributed by atoms with van der Waals surface area (Å²) in [5.41, 5.74) is 0.848. The molecule has 1 N–H and O–H groups in total. The van der Waals surface area contributed by atoms with Crippen LogP contribution < -0.4 is 10.5 Å². The number of piperidine rings is 1. The normalized spacial score (nSPS) is 20.8. The third-order valence-corrected chi connectivity index (χ3v) is 8.45. The van der Waals surface area contributed by atoms with Crippen molar-refractivity contribution in [2.45, 2.75) is 44.8 Å². The Morgan fingerprint density at radius 3 is 2.49 bits per heavy atom. The zero-order valence-electron chi connectivity index (χ0n) is 21.0. The van der Waals surface area contributed by atoms with E-state index < -0.39 is 5.60 Å². The number of rotatable bonds is 5. The summed E-state index contributed by atoms with van der Waals surface area (Å²) in [6.45, 7) is 6.16. The first-order valence-corrected chi connectivity index (χ1v) is 13.4. The van der Waals surface area contributed by atoms with E-state index in [2.05, 4.69) is 16.0 Å². The van der Waals surface area contributed by atoms with E-state index in [0.717, 1.165) is 37.3 Å². The quantitative estimate of drug-likeness (QED) is 0.550. The van der Waals surface area contributed by atoms with Crippen molar-refractivity contribution in [2.24, 2.45) is 5.41 Å². The van der Waals surface area contributed by atoms with E-state index >= 15 is 0 Å². The van der Waals surface area contributed by atoms with Crippen LogP contribution in [0.5, 0.6) is 0 Å². The van der Waals surface area contributed by atoms with Crippen LogP contribution in [0.4, 0.5) is 5.69 Å². The van der Waals surface area contributed by atoms with Gasteiger partial charge in [0.25, 0.3) is 5.56 Å². The van der Waals surface area contributed by atoms with E-state index in [0.29, 0.717) is 55.3 Å². The van der Waals surface area contributed by atoms with Gasteiger partial charge < -0.3 is 19.6 Å². The Morgan fingerprint density at radius 1 is 1.08 bits per heavy atom. The fourth-order valence-corrected chi connectivity index (χ4v) is 5.77. The highest BCUT2D eigenvalue weighted by molar-refractivity contribution is 6.31. The zero-order chi connectivity index (χ0) is 25.8. The second kappa shape index (κ2) is 9.15. The number of nitrogens with zero attached hydrogens (tertiary/aromatic N) is 5. The van der Waals surface area contributed by atoms with Crippen LogP contribution in [-0.4, -0.2) is 75.0 Å². The summed E-state index contributed by atoms with van der Waals surface area (Å²) in [4.78, 5) is 34.8. The first-order valence-electron chi connectivity index (χ1n) is 13.0. The minimum atomic E-state index is -1.07. The number of carbonyl (C=O) groups is 1. The standard InChI is InChI=1S/C27H32ClN5O4/c1-26(5-6-26)25(35)31-9-7-27(36,8-10-31)17-32-18-29-23-21(24(32)34)16-22(28)33(23)20-4-2-3-19(15-20)30-11-13-37-14-12-30/h2-4,15-16,18,36H,5-14,17H2,1H3. The number of ether oxygens (including phenoxy) is 1. The molecule has 2 aromatic heterocycles. The Bertz CT molecular complexity index is 1400. The van der Waals surface area contributed by atoms with Gasteiger partial charge in [-0.3, -0.25) is 18.7 Å². The van der Waals surface area contributed by atoms with Crippen molar-refractivity contribution in [2.75, 3.05) is 44.3 Å². The molecule has 0 unspecified atom stereocenters. The van der Waals surface area contributed by atoms with Crippen LogP contribution in [0.1, 0.15) is 32.6 Å². The number of fused-ring (bicyclic) bond motifs is 1. The molecule has 10 heteroatoms. The molecule has 3 aliphatic rings. The van der Waals surface area contributed by atoms with Crippen molar-refractivity contribution in [3.63, 3.8) is 0 Å². The molecule has 1 aliphatic carbocycles. The van der Waals surface area contributed by atoms with Gasteiger partial charge in [-0.25, -0.2) is 4.98 Å². The maximum absolute atomic E-state index is 13.4. The predicted molar refractivity (Wildman–Crippen MR) is 141 cm³/mol. The van der Waals surface area contributed by atoms with Crippen molar-refractivity contribution in [3.8, 4) is 5.69 Å². The Labute approximate surface area is 220 Å². The minimum absolute atomic E-state index is 0.128. The molecule has 4 heterocycles. The Kier molecular flexibility index (Phi) is 6.05. The number of benzene rings is 1. The molecule has 1 amide bonds. The van der Waals surface area contributed by atoms with Gasteiger partial charge in [-0.05, 0) is 49.9 Å². The van der Waals surface area contributed by atoms with Crippen LogP contribution in [0.3, 0.4) is 0 Å². The highest BCUT2D eigenvalue weighted by atomic mass is 35.5. The van der Waals surface area contributed by atoms with Crippen LogP contribution in [0.25, 0.3) is 16.7 Å². The molecule has 1 saturated carbocycles.